The topological polar surface area (TPSA) is 31.4 Å². The molecule has 1 aliphatic heterocycles. The highest BCUT2D eigenvalue weighted by Gasteiger charge is 2.31. The SMILES string of the molecule is Cc1cc(CNC(C)C)cc(N2CC(C)C(N(C)C)C2)n1. The third-order valence-electron chi connectivity index (χ3n) is 4.27. The van der Waals surface area contributed by atoms with Crippen LogP contribution < -0.4 is 10.2 Å². The molecule has 4 heteroatoms. The van der Waals surface area contributed by atoms with Crippen molar-refractivity contribution in [3.63, 3.8) is 0 Å². The molecule has 2 rings (SSSR count). The highest BCUT2D eigenvalue weighted by molar-refractivity contribution is 5.44. The molecule has 21 heavy (non-hydrogen) atoms. The Hall–Kier alpha value is -1.13. The van der Waals surface area contributed by atoms with E-state index in [2.05, 4.69) is 69.0 Å². The Bertz CT molecular complexity index is 470. The molecule has 2 heterocycles. The van der Waals surface area contributed by atoms with Gasteiger partial charge in [0.2, 0.25) is 0 Å². The van der Waals surface area contributed by atoms with Crippen LogP contribution in [-0.2, 0) is 6.54 Å². The van der Waals surface area contributed by atoms with Crippen molar-refractivity contribution in [3.05, 3.63) is 23.4 Å². The summed E-state index contributed by atoms with van der Waals surface area (Å²) in [6.07, 6.45) is 0. The van der Waals surface area contributed by atoms with Gasteiger partial charge in [-0.25, -0.2) is 4.98 Å². The maximum atomic E-state index is 4.75. The number of pyridine rings is 1. The van der Waals surface area contributed by atoms with Crippen molar-refractivity contribution < 1.29 is 0 Å². The molecule has 2 unspecified atom stereocenters. The van der Waals surface area contributed by atoms with Gasteiger partial charge in [0.1, 0.15) is 5.82 Å². The third-order valence-corrected chi connectivity index (χ3v) is 4.27. The van der Waals surface area contributed by atoms with Crippen molar-refractivity contribution >= 4 is 5.82 Å². The fourth-order valence-corrected chi connectivity index (χ4v) is 3.12. The Morgan fingerprint density at radius 2 is 2.05 bits per heavy atom. The smallest absolute Gasteiger partial charge is 0.129 e. The molecule has 0 radical (unpaired) electrons. The molecule has 2 atom stereocenters. The normalized spacial score (nSPS) is 22.6. The van der Waals surface area contributed by atoms with Crippen LogP contribution in [-0.4, -0.2) is 49.2 Å². The van der Waals surface area contributed by atoms with Crippen LogP contribution in [0.2, 0.25) is 0 Å². The van der Waals surface area contributed by atoms with Gasteiger partial charge in [-0.15, -0.1) is 0 Å². The number of rotatable bonds is 5. The Morgan fingerprint density at radius 1 is 1.33 bits per heavy atom. The molecule has 0 saturated carbocycles. The molecule has 1 aliphatic rings. The second-order valence-corrected chi connectivity index (χ2v) is 6.92. The monoisotopic (exact) mass is 290 g/mol. The Kier molecular flexibility index (Phi) is 5.22. The maximum Gasteiger partial charge on any atom is 0.129 e. The highest BCUT2D eigenvalue weighted by Crippen LogP contribution is 2.25. The van der Waals surface area contributed by atoms with Crippen molar-refractivity contribution in [2.75, 3.05) is 32.1 Å². The summed E-state index contributed by atoms with van der Waals surface area (Å²) in [6.45, 7) is 11.9. The molecule has 0 amide bonds. The summed E-state index contributed by atoms with van der Waals surface area (Å²) < 4.78 is 0. The van der Waals surface area contributed by atoms with Gasteiger partial charge in [-0.3, -0.25) is 0 Å². The average Bonchev–Trinajstić information content (AvgIpc) is 2.78. The number of hydrogen-bond acceptors (Lipinski definition) is 4. The molecule has 1 aromatic heterocycles. The van der Waals surface area contributed by atoms with Crippen LogP contribution in [0.1, 0.15) is 32.0 Å². The van der Waals surface area contributed by atoms with Gasteiger partial charge < -0.3 is 15.1 Å². The molecular weight excluding hydrogens is 260 g/mol. The predicted molar refractivity (Wildman–Crippen MR) is 89.8 cm³/mol. The number of likely N-dealkylation sites (N-methyl/N-ethyl adjacent to an activating group) is 1. The van der Waals surface area contributed by atoms with Gasteiger partial charge in [-0.2, -0.15) is 0 Å². The first-order valence-electron chi connectivity index (χ1n) is 7.99. The summed E-state index contributed by atoms with van der Waals surface area (Å²) in [5, 5.41) is 3.49. The Morgan fingerprint density at radius 3 is 2.62 bits per heavy atom. The second kappa shape index (κ2) is 6.75. The van der Waals surface area contributed by atoms with Crippen LogP contribution in [0.5, 0.6) is 0 Å². The number of anilines is 1. The number of aryl methyl sites for hydroxylation is 1. The molecule has 1 fully saturated rings. The van der Waals surface area contributed by atoms with Gasteiger partial charge in [0.15, 0.2) is 0 Å². The summed E-state index contributed by atoms with van der Waals surface area (Å²) in [5.74, 6) is 1.81. The molecule has 118 valence electrons. The van der Waals surface area contributed by atoms with Gasteiger partial charge in [0.05, 0.1) is 0 Å². The summed E-state index contributed by atoms with van der Waals surface area (Å²) in [7, 11) is 4.35. The molecule has 0 aliphatic carbocycles. The number of nitrogens with one attached hydrogen (secondary N) is 1. The number of hydrogen-bond donors (Lipinski definition) is 1. The average molecular weight is 290 g/mol. The molecule has 4 nitrogen and oxygen atoms in total. The molecular formula is C17H30N4. The summed E-state index contributed by atoms with van der Waals surface area (Å²) >= 11 is 0. The van der Waals surface area contributed by atoms with Crippen molar-refractivity contribution in [2.45, 2.75) is 46.3 Å². The van der Waals surface area contributed by atoms with Gasteiger partial charge in [0, 0.05) is 37.4 Å². The van der Waals surface area contributed by atoms with E-state index in [1.807, 2.05) is 0 Å². The van der Waals surface area contributed by atoms with Gasteiger partial charge in [0.25, 0.3) is 0 Å². The minimum Gasteiger partial charge on any atom is -0.355 e. The Balaban J connectivity index is 2.13. The molecule has 0 spiro atoms. The van der Waals surface area contributed by atoms with Crippen LogP contribution in [0.4, 0.5) is 5.82 Å². The van der Waals surface area contributed by atoms with Crippen LogP contribution in [0, 0.1) is 12.8 Å². The lowest BCUT2D eigenvalue weighted by Gasteiger charge is -2.23. The molecule has 1 N–H and O–H groups in total. The van der Waals surface area contributed by atoms with Gasteiger partial charge in [-0.05, 0) is 44.6 Å². The van der Waals surface area contributed by atoms with Crippen LogP contribution >= 0.6 is 0 Å². The van der Waals surface area contributed by atoms with E-state index in [1.54, 1.807) is 0 Å². The quantitative estimate of drug-likeness (QED) is 0.901. The van der Waals surface area contributed by atoms with Crippen LogP contribution in [0.25, 0.3) is 0 Å². The lowest BCUT2D eigenvalue weighted by Crippen LogP contribution is -2.34. The van der Waals surface area contributed by atoms with Crippen LogP contribution in [0.15, 0.2) is 12.1 Å². The largest absolute Gasteiger partial charge is 0.355 e. The van der Waals surface area contributed by atoms with Crippen molar-refractivity contribution in [3.8, 4) is 0 Å². The lowest BCUT2D eigenvalue weighted by molar-refractivity contribution is 0.266. The van der Waals surface area contributed by atoms with Crippen molar-refractivity contribution in [2.24, 2.45) is 5.92 Å². The van der Waals surface area contributed by atoms with Crippen molar-refractivity contribution in [1.29, 1.82) is 0 Å². The maximum absolute atomic E-state index is 4.75. The van der Waals surface area contributed by atoms with E-state index in [-0.39, 0.29) is 0 Å². The minimum absolute atomic E-state index is 0.506. The van der Waals surface area contributed by atoms with E-state index in [0.717, 1.165) is 31.1 Å². The second-order valence-electron chi connectivity index (χ2n) is 6.92. The van der Waals surface area contributed by atoms with E-state index in [4.69, 9.17) is 4.98 Å². The third kappa shape index (κ3) is 4.17. The minimum atomic E-state index is 0.506. The fraction of sp³-hybridized carbons (Fsp3) is 0.706. The Labute approximate surface area is 129 Å². The molecule has 0 aromatic carbocycles. The molecule has 1 aromatic rings. The van der Waals surface area contributed by atoms with E-state index in [1.165, 1.54) is 5.56 Å². The zero-order valence-corrected chi connectivity index (χ0v) is 14.3. The van der Waals surface area contributed by atoms with E-state index >= 15 is 0 Å². The number of nitrogens with zero attached hydrogens (tertiary/aromatic N) is 3. The molecule has 1 saturated heterocycles. The predicted octanol–water partition coefficient (Wildman–Crippen LogP) is 2.27. The zero-order valence-electron chi connectivity index (χ0n) is 14.3. The highest BCUT2D eigenvalue weighted by atomic mass is 15.3. The van der Waals surface area contributed by atoms with E-state index in [0.29, 0.717) is 18.0 Å². The van der Waals surface area contributed by atoms with Gasteiger partial charge in [-0.1, -0.05) is 20.8 Å². The van der Waals surface area contributed by atoms with E-state index in [9.17, 15) is 0 Å². The summed E-state index contributed by atoms with van der Waals surface area (Å²) in [5.41, 5.74) is 2.43. The lowest BCUT2D eigenvalue weighted by atomic mass is 10.1. The van der Waals surface area contributed by atoms with E-state index < -0.39 is 0 Å². The number of aromatic nitrogens is 1. The first kappa shape index (κ1) is 16.2. The van der Waals surface area contributed by atoms with Crippen LogP contribution in [0.3, 0.4) is 0 Å². The van der Waals surface area contributed by atoms with Gasteiger partial charge >= 0.3 is 0 Å². The fourth-order valence-electron chi connectivity index (χ4n) is 3.12. The first-order chi connectivity index (χ1) is 9.86. The van der Waals surface area contributed by atoms with Crippen molar-refractivity contribution in [1.82, 2.24) is 15.2 Å². The first-order valence-corrected chi connectivity index (χ1v) is 7.99. The molecule has 0 bridgehead atoms. The standard InChI is InChI=1S/C17H30N4/c1-12(2)18-9-15-7-14(4)19-17(8-15)21-10-13(3)16(11-21)20(5)6/h7-8,12-13,16,18H,9-11H2,1-6H3. The summed E-state index contributed by atoms with van der Waals surface area (Å²) in [6, 6.07) is 5.55. The zero-order chi connectivity index (χ0) is 15.6. The summed E-state index contributed by atoms with van der Waals surface area (Å²) in [4.78, 5) is 9.52.